The van der Waals surface area contributed by atoms with Crippen molar-refractivity contribution in [3.05, 3.63) is 23.0 Å². The third-order valence-electron chi connectivity index (χ3n) is 4.55. The summed E-state index contributed by atoms with van der Waals surface area (Å²) >= 11 is 1.48. The minimum Gasteiger partial charge on any atom is -0.497 e. The van der Waals surface area contributed by atoms with E-state index < -0.39 is 0 Å². The molecule has 1 heterocycles. The number of carbonyl (C=O) groups excluding carboxylic acids is 1. The molecule has 0 aliphatic heterocycles. The summed E-state index contributed by atoms with van der Waals surface area (Å²) in [4.78, 5) is 17.4. The molecule has 0 radical (unpaired) electrons. The molecule has 1 saturated carbocycles. The fourth-order valence-electron chi connectivity index (χ4n) is 3.30. The highest BCUT2D eigenvalue weighted by molar-refractivity contribution is 7.16. The van der Waals surface area contributed by atoms with Crippen molar-refractivity contribution in [1.82, 2.24) is 4.57 Å². The number of hydrogen-bond acceptors (Lipinski definition) is 3. The maximum Gasteiger partial charge on any atom is 0.248 e. The Balaban J connectivity index is 1.92. The summed E-state index contributed by atoms with van der Waals surface area (Å²) in [5.41, 5.74) is 0.989. The highest BCUT2D eigenvalue weighted by Gasteiger charge is 2.17. The molecular formula is C19H22N2O2S. The van der Waals surface area contributed by atoms with E-state index in [4.69, 9.17) is 11.2 Å². The van der Waals surface area contributed by atoms with Crippen LogP contribution in [-0.2, 0) is 11.3 Å². The van der Waals surface area contributed by atoms with Gasteiger partial charge in [-0.3, -0.25) is 4.79 Å². The van der Waals surface area contributed by atoms with E-state index in [0.717, 1.165) is 28.8 Å². The normalized spacial score (nSPS) is 16.2. The van der Waals surface area contributed by atoms with Gasteiger partial charge in [-0.25, -0.2) is 0 Å². The van der Waals surface area contributed by atoms with Gasteiger partial charge in [0.05, 0.1) is 23.9 Å². The van der Waals surface area contributed by atoms with Gasteiger partial charge in [0.2, 0.25) is 5.91 Å². The molecule has 0 N–H and O–H groups in total. The van der Waals surface area contributed by atoms with Gasteiger partial charge in [0.15, 0.2) is 4.80 Å². The van der Waals surface area contributed by atoms with Crippen LogP contribution in [0.25, 0.3) is 10.2 Å². The summed E-state index contributed by atoms with van der Waals surface area (Å²) in [6.07, 6.45) is 12.1. The Bertz CT molecular complexity index is 835. The molecule has 126 valence electrons. The van der Waals surface area contributed by atoms with Gasteiger partial charge in [-0.2, -0.15) is 4.99 Å². The first-order chi connectivity index (χ1) is 11.7. The maximum absolute atomic E-state index is 12.4. The second-order valence-corrected chi connectivity index (χ2v) is 7.23. The van der Waals surface area contributed by atoms with E-state index in [1.54, 1.807) is 7.11 Å². The van der Waals surface area contributed by atoms with Gasteiger partial charge in [-0.15, -0.1) is 6.42 Å². The number of benzene rings is 1. The SMILES string of the molecule is C#CCn1c(=NC(=O)CC2CCCCC2)sc2cc(OC)ccc21. The van der Waals surface area contributed by atoms with Crippen LogP contribution in [0.15, 0.2) is 23.2 Å². The number of methoxy groups -OCH3 is 1. The van der Waals surface area contributed by atoms with Crippen LogP contribution in [0.2, 0.25) is 0 Å². The van der Waals surface area contributed by atoms with E-state index in [2.05, 4.69) is 10.9 Å². The summed E-state index contributed by atoms with van der Waals surface area (Å²) < 4.78 is 8.22. The number of amides is 1. The summed E-state index contributed by atoms with van der Waals surface area (Å²) in [6.45, 7) is 0.405. The molecule has 0 bridgehead atoms. The second kappa shape index (κ2) is 7.67. The lowest BCUT2D eigenvalue weighted by Crippen LogP contribution is -2.18. The molecule has 24 heavy (non-hydrogen) atoms. The van der Waals surface area contributed by atoms with Gasteiger partial charge < -0.3 is 9.30 Å². The molecule has 0 saturated heterocycles. The fourth-order valence-corrected chi connectivity index (χ4v) is 4.38. The molecule has 3 rings (SSSR count). The Hall–Kier alpha value is -2.06. The zero-order valence-electron chi connectivity index (χ0n) is 14.0. The first-order valence-corrected chi connectivity index (χ1v) is 9.21. The number of hydrogen-bond donors (Lipinski definition) is 0. The quantitative estimate of drug-likeness (QED) is 0.795. The van der Waals surface area contributed by atoms with Crippen molar-refractivity contribution in [3.8, 4) is 18.1 Å². The number of terminal acetylenes is 1. The van der Waals surface area contributed by atoms with Gasteiger partial charge in [0.25, 0.3) is 0 Å². The van der Waals surface area contributed by atoms with Crippen molar-refractivity contribution in [2.45, 2.75) is 45.1 Å². The zero-order valence-corrected chi connectivity index (χ0v) is 14.8. The Labute approximate surface area is 146 Å². The molecule has 1 aromatic carbocycles. The lowest BCUT2D eigenvalue weighted by atomic mass is 9.87. The Morgan fingerprint density at radius 2 is 2.21 bits per heavy atom. The number of nitrogens with zero attached hydrogens (tertiary/aromatic N) is 2. The molecule has 1 aromatic heterocycles. The van der Waals surface area contributed by atoms with Crippen molar-refractivity contribution >= 4 is 27.5 Å². The van der Waals surface area contributed by atoms with E-state index in [0.29, 0.717) is 23.7 Å². The summed E-state index contributed by atoms with van der Waals surface area (Å²) in [7, 11) is 1.64. The van der Waals surface area contributed by atoms with E-state index in [1.807, 2.05) is 22.8 Å². The van der Waals surface area contributed by atoms with Gasteiger partial charge in [-0.1, -0.05) is 36.5 Å². The summed E-state index contributed by atoms with van der Waals surface area (Å²) in [5.74, 6) is 3.90. The largest absolute Gasteiger partial charge is 0.497 e. The van der Waals surface area contributed by atoms with Crippen LogP contribution in [-0.4, -0.2) is 17.6 Å². The average Bonchev–Trinajstić information content (AvgIpc) is 2.92. The first kappa shape index (κ1) is 16.8. The molecule has 1 aliphatic rings. The molecule has 1 amide bonds. The van der Waals surface area contributed by atoms with Crippen molar-refractivity contribution < 1.29 is 9.53 Å². The van der Waals surface area contributed by atoms with Crippen molar-refractivity contribution in [2.24, 2.45) is 10.9 Å². The van der Waals surface area contributed by atoms with Crippen LogP contribution in [0.3, 0.4) is 0 Å². The van der Waals surface area contributed by atoms with E-state index in [1.165, 1.54) is 30.6 Å². The van der Waals surface area contributed by atoms with Gasteiger partial charge in [0, 0.05) is 6.42 Å². The molecule has 0 atom stereocenters. The van der Waals surface area contributed by atoms with Crippen LogP contribution >= 0.6 is 11.3 Å². The van der Waals surface area contributed by atoms with Crippen LogP contribution in [0.4, 0.5) is 0 Å². The Morgan fingerprint density at radius 1 is 1.42 bits per heavy atom. The lowest BCUT2D eigenvalue weighted by Gasteiger charge is -2.19. The van der Waals surface area contributed by atoms with Crippen LogP contribution in [0.1, 0.15) is 38.5 Å². The summed E-state index contributed by atoms with van der Waals surface area (Å²) in [5, 5.41) is 0. The minimum absolute atomic E-state index is 0.0359. The number of aromatic nitrogens is 1. The Morgan fingerprint density at radius 3 is 2.92 bits per heavy atom. The molecule has 0 unspecified atom stereocenters. The fraction of sp³-hybridized carbons (Fsp3) is 0.474. The molecule has 1 fully saturated rings. The van der Waals surface area contributed by atoms with Crippen molar-refractivity contribution in [3.63, 3.8) is 0 Å². The number of rotatable bonds is 4. The zero-order chi connectivity index (χ0) is 16.9. The standard InChI is InChI=1S/C19H22N2O2S/c1-3-11-21-16-10-9-15(23-2)13-17(16)24-19(21)20-18(22)12-14-7-5-4-6-8-14/h1,9-10,13-14H,4-8,11-12H2,2H3. The monoisotopic (exact) mass is 342 g/mol. The van der Waals surface area contributed by atoms with Crippen molar-refractivity contribution in [2.75, 3.05) is 7.11 Å². The predicted molar refractivity (Wildman–Crippen MR) is 97.0 cm³/mol. The minimum atomic E-state index is -0.0359. The van der Waals surface area contributed by atoms with E-state index in [9.17, 15) is 4.79 Å². The lowest BCUT2D eigenvalue weighted by molar-refractivity contribution is -0.119. The molecule has 1 aliphatic carbocycles. The highest BCUT2D eigenvalue weighted by Crippen LogP contribution is 2.27. The van der Waals surface area contributed by atoms with E-state index in [-0.39, 0.29) is 5.91 Å². The number of carbonyl (C=O) groups is 1. The van der Waals surface area contributed by atoms with Crippen molar-refractivity contribution in [1.29, 1.82) is 0 Å². The average molecular weight is 342 g/mol. The molecule has 0 spiro atoms. The molecule has 4 nitrogen and oxygen atoms in total. The molecule has 2 aromatic rings. The highest BCUT2D eigenvalue weighted by atomic mass is 32.1. The Kier molecular flexibility index (Phi) is 5.37. The maximum atomic E-state index is 12.4. The third-order valence-corrected chi connectivity index (χ3v) is 5.59. The van der Waals surface area contributed by atoms with Gasteiger partial charge in [0.1, 0.15) is 5.75 Å². The number of ether oxygens (including phenoxy) is 1. The molecule has 5 heteroatoms. The smallest absolute Gasteiger partial charge is 0.248 e. The second-order valence-electron chi connectivity index (χ2n) is 6.22. The van der Waals surface area contributed by atoms with Crippen LogP contribution in [0, 0.1) is 18.3 Å². The third kappa shape index (κ3) is 3.70. The van der Waals surface area contributed by atoms with Gasteiger partial charge >= 0.3 is 0 Å². The molecular weight excluding hydrogens is 320 g/mol. The van der Waals surface area contributed by atoms with Crippen LogP contribution < -0.4 is 9.54 Å². The van der Waals surface area contributed by atoms with E-state index >= 15 is 0 Å². The summed E-state index contributed by atoms with van der Waals surface area (Å²) in [6, 6.07) is 5.82. The van der Waals surface area contributed by atoms with Crippen LogP contribution in [0.5, 0.6) is 5.75 Å². The topological polar surface area (TPSA) is 43.6 Å². The number of fused-ring (bicyclic) bond motifs is 1. The number of thiazole rings is 1. The van der Waals surface area contributed by atoms with Gasteiger partial charge in [-0.05, 0) is 37.0 Å². The first-order valence-electron chi connectivity index (χ1n) is 8.39. The predicted octanol–water partition coefficient (Wildman–Crippen LogP) is 3.74.